The van der Waals surface area contributed by atoms with Crippen molar-refractivity contribution < 1.29 is 4.74 Å². The van der Waals surface area contributed by atoms with Gasteiger partial charge in [0.25, 0.3) is 0 Å². The smallest absolute Gasteiger partial charge is 0.191 e. The summed E-state index contributed by atoms with van der Waals surface area (Å²) < 4.78 is 5.77. The molecule has 1 heterocycles. The fraction of sp³-hybridized carbons (Fsp3) is 0.611. The van der Waals surface area contributed by atoms with E-state index < -0.39 is 0 Å². The van der Waals surface area contributed by atoms with Gasteiger partial charge in [-0.2, -0.15) is 11.8 Å². The highest BCUT2D eigenvalue weighted by Crippen LogP contribution is 2.32. The summed E-state index contributed by atoms with van der Waals surface area (Å²) in [5.74, 6) is 0.901. The maximum atomic E-state index is 5.49. The summed E-state index contributed by atoms with van der Waals surface area (Å²) in [5.41, 5.74) is 1.39. The third-order valence-corrected chi connectivity index (χ3v) is 5.83. The van der Waals surface area contributed by atoms with Crippen LogP contribution in [-0.2, 0) is 11.2 Å². The predicted molar refractivity (Wildman–Crippen MR) is 116 cm³/mol. The molecule has 2 rings (SSSR count). The monoisotopic (exact) mass is 463 g/mol. The number of thioether (sulfide) groups is 1. The van der Waals surface area contributed by atoms with Crippen molar-refractivity contribution in [1.29, 1.82) is 0 Å². The molecule has 0 aliphatic carbocycles. The highest BCUT2D eigenvalue weighted by Gasteiger charge is 2.31. The van der Waals surface area contributed by atoms with Gasteiger partial charge < -0.3 is 15.4 Å². The molecule has 1 aliphatic heterocycles. The number of guanidine groups is 1. The SMILES string of the molecule is CN=C(NCCCc1ccccc1)NCC1(SC)CCOCC1.I. The second-order valence-electron chi connectivity index (χ2n) is 5.94. The lowest BCUT2D eigenvalue weighted by atomic mass is 9.99. The zero-order valence-electron chi connectivity index (χ0n) is 14.7. The number of nitrogens with zero attached hydrogens (tertiary/aromatic N) is 1. The van der Waals surface area contributed by atoms with Gasteiger partial charge in [0.2, 0.25) is 0 Å². The number of benzene rings is 1. The van der Waals surface area contributed by atoms with Gasteiger partial charge in [-0.3, -0.25) is 4.99 Å². The minimum absolute atomic E-state index is 0. The van der Waals surface area contributed by atoms with Gasteiger partial charge in [-0.15, -0.1) is 24.0 Å². The summed E-state index contributed by atoms with van der Waals surface area (Å²) in [6.07, 6.45) is 6.60. The molecule has 4 nitrogen and oxygen atoms in total. The highest BCUT2D eigenvalue weighted by molar-refractivity contribution is 14.0. The number of aliphatic imine (C=N–C) groups is 1. The molecule has 24 heavy (non-hydrogen) atoms. The van der Waals surface area contributed by atoms with Crippen molar-refractivity contribution in [3.05, 3.63) is 35.9 Å². The lowest BCUT2D eigenvalue weighted by Gasteiger charge is -2.36. The molecular weight excluding hydrogens is 433 g/mol. The molecule has 0 atom stereocenters. The van der Waals surface area contributed by atoms with Crippen LogP contribution in [0.1, 0.15) is 24.8 Å². The van der Waals surface area contributed by atoms with E-state index in [1.807, 2.05) is 18.8 Å². The molecule has 1 fully saturated rings. The quantitative estimate of drug-likeness (QED) is 0.282. The predicted octanol–water partition coefficient (Wildman–Crippen LogP) is 3.31. The molecule has 0 spiro atoms. The molecule has 0 saturated carbocycles. The van der Waals surface area contributed by atoms with E-state index in [0.717, 1.165) is 57.9 Å². The molecule has 0 amide bonds. The van der Waals surface area contributed by atoms with E-state index in [-0.39, 0.29) is 28.7 Å². The zero-order valence-corrected chi connectivity index (χ0v) is 17.9. The van der Waals surface area contributed by atoms with Crippen molar-refractivity contribution >= 4 is 41.7 Å². The second kappa shape index (κ2) is 12.0. The largest absolute Gasteiger partial charge is 0.381 e. The van der Waals surface area contributed by atoms with E-state index >= 15 is 0 Å². The molecule has 0 bridgehead atoms. The van der Waals surface area contributed by atoms with Crippen LogP contribution in [-0.4, -0.2) is 50.3 Å². The van der Waals surface area contributed by atoms with Crippen molar-refractivity contribution in [2.75, 3.05) is 39.6 Å². The van der Waals surface area contributed by atoms with E-state index in [1.54, 1.807) is 0 Å². The van der Waals surface area contributed by atoms with Crippen LogP contribution in [0.4, 0.5) is 0 Å². The molecule has 2 N–H and O–H groups in total. The summed E-state index contributed by atoms with van der Waals surface area (Å²) in [6.45, 7) is 3.61. The molecule has 1 aromatic rings. The van der Waals surface area contributed by atoms with Crippen molar-refractivity contribution in [3.63, 3.8) is 0 Å². The van der Waals surface area contributed by atoms with Crippen LogP contribution in [0.5, 0.6) is 0 Å². The molecule has 1 saturated heterocycles. The van der Waals surface area contributed by atoms with Gasteiger partial charge >= 0.3 is 0 Å². The van der Waals surface area contributed by atoms with Gasteiger partial charge in [0.15, 0.2) is 5.96 Å². The van der Waals surface area contributed by atoms with Gasteiger partial charge in [0.1, 0.15) is 0 Å². The number of nitrogens with one attached hydrogen (secondary N) is 2. The number of aryl methyl sites for hydroxylation is 1. The van der Waals surface area contributed by atoms with E-state index in [0.29, 0.717) is 0 Å². The third-order valence-electron chi connectivity index (χ3n) is 4.42. The van der Waals surface area contributed by atoms with Crippen LogP contribution in [0.2, 0.25) is 0 Å². The molecular formula is C18H30IN3OS. The fourth-order valence-corrected chi connectivity index (χ4v) is 3.60. The van der Waals surface area contributed by atoms with E-state index in [4.69, 9.17) is 4.74 Å². The Balaban J connectivity index is 0.00000288. The molecule has 0 unspecified atom stereocenters. The first-order valence-corrected chi connectivity index (χ1v) is 9.62. The normalized spacial score (nSPS) is 17.0. The van der Waals surface area contributed by atoms with Crippen LogP contribution in [0.15, 0.2) is 35.3 Å². The van der Waals surface area contributed by atoms with Crippen molar-refractivity contribution in [3.8, 4) is 0 Å². The fourth-order valence-electron chi connectivity index (χ4n) is 2.81. The maximum Gasteiger partial charge on any atom is 0.191 e. The number of hydrogen-bond acceptors (Lipinski definition) is 3. The van der Waals surface area contributed by atoms with Crippen LogP contribution >= 0.6 is 35.7 Å². The second-order valence-corrected chi connectivity index (χ2v) is 7.22. The molecule has 136 valence electrons. The average molecular weight is 463 g/mol. The van der Waals surface area contributed by atoms with E-state index in [2.05, 4.69) is 52.2 Å². The van der Waals surface area contributed by atoms with Crippen LogP contribution in [0.25, 0.3) is 0 Å². The van der Waals surface area contributed by atoms with E-state index in [1.165, 1.54) is 5.56 Å². The number of hydrogen-bond donors (Lipinski definition) is 2. The average Bonchev–Trinajstić information content (AvgIpc) is 2.63. The van der Waals surface area contributed by atoms with Gasteiger partial charge in [0.05, 0.1) is 0 Å². The number of halogens is 1. The number of rotatable bonds is 7. The molecule has 0 radical (unpaired) electrons. The lowest BCUT2D eigenvalue weighted by molar-refractivity contribution is 0.0783. The Morgan fingerprint density at radius 3 is 2.54 bits per heavy atom. The Labute approximate surface area is 167 Å². The topological polar surface area (TPSA) is 45.7 Å². The van der Waals surface area contributed by atoms with Gasteiger partial charge in [0, 0.05) is 38.1 Å². The Bertz CT molecular complexity index is 478. The molecule has 6 heteroatoms. The summed E-state index contributed by atoms with van der Waals surface area (Å²) in [7, 11) is 1.84. The van der Waals surface area contributed by atoms with Crippen molar-refractivity contribution in [2.45, 2.75) is 30.4 Å². The van der Waals surface area contributed by atoms with Crippen LogP contribution in [0.3, 0.4) is 0 Å². The lowest BCUT2D eigenvalue weighted by Crippen LogP contribution is -2.48. The maximum absolute atomic E-state index is 5.49. The Morgan fingerprint density at radius 2 is 1.92 bits per heavy atom. The van der Waals surface area contributed by atoms with Crippen molar-refractivity contribution in [1.82, 2.24) is 10.6 Å². The molecule has 0 aromatic heterocycles. The Hall–Kier alpha value is -0.470. The molecule has 1 aromatic carbocycles. The minimum Gasteiger partial charge on any atom is -0.381 e. The van der Waals surface area contributed by atoms with Gasteiger partial charge in [-0.05, 0) is 37.5 Å². The summed E-state index contributed by atoms with van der Waals surface area (Å²) >= 11 is 1.95. The van der Waals surface area contributed by atoms with Crippen molar-refractivity contribution in [2.24, 2.45) is 4.99 Å². The van der Waals surface area contributed by atoms with Crippen LogP contribution < -0.4 is 10.6 Å². The first kappa shape index (κ1) is 21.6. The standard InChI is InChI=1S/C18H29N3OS.HI/c1-19-17(20-12-6-9-16-7-4-3-5-8-16)21-15-18(23-2)10-13-22-14-11-18;/h3-5,7-8H,6,9-15H2,1-2H3,(H2,19,20,21);1H. The third kappa shape index (κ3) is 7.19. The van der Waals surface area contributed by atoms with Crippen LogP contribution in [0, 0.1) is 0 Å². The first-order valence-electron chi connectivity index (χ1n) is 8.39. The minimum atomic E-state index is 0. The first-order chi connectivity index (χ1) is 11.3. The summed E-state index contributed by atoms with van der Waals surface area (Å²) in [6, 6.07) is 10.6. The zero-order chi connectivity index (χ0) is 16.4. The Morgan fingerprint density at radius 1 is 1.21 bits per heavy atom. The summed E-state index contributed by atoms with van der Waals surface area (Å²) in [4.78, 5) is 4.34. The number of ether oxygens (including phenoxy) is 1. The van der Waals surface area contributed by atoms with E-state index in [9.17, 15) is 0 Å². The van der Waals surface area contributed by atoms with Gasteiger partial charge in [-0.25, -0.2) is 0 Å². The van der Waals surface area contributed by atoms with Gasteiger partial charge in [-0.1, -0.05) is 30.3 Å². The Kier molecular flexibility index (Phi) is 10.8. The molecule has 1 aliphatic rings. The summed E-state index contributed by atoms with van der Waals surface area (Å²) in [5, 5.41) is 6.91. The highest BCUT2D eigenvalue weighted by atomic mass is 127.